The lowest BCUT2D eigenvalue weighted by molar-refractivity contribution is 0.325. The van der Waals surface area contributed by atoms with E-state index in [0.29, 0.717) is 5.41 Å². The van der Waals surface area contributed by atoms with Crippen molar-refractivity contribution in [2.75, 3.05) is 25.0 Å². The van der Waals surface area contributed by atoms with Gasteiger partial charge in [0.2, 0.25) is 0 Å². The average Bonchev–Trinajstić information content (AvgIpc) is 2.51. The molecule has 0 saturated carbocycles. The first kappa shape index (κ1) is 14.7. The molecule has 1 N–H and O–H groups in total. The molecule has 1 aliphatic rings. The van der Waals surface area contributed by atoms with Crippen molar-refractivity contribution in [2.45, 2.75) is 39.7 Å². The lowest BCUT2D eigenvalue weighted by Crippen LogP contribution is -2.25. The van der Waals surface area contributed by atoms with Crippen LogP contribution in [0.4, 0.5) is 5.69 Å². The molecule has 0 bridgehead atoms. The Hall–Kier alpha value is -0.730. The first-order valence-electron chi connectivity index (χ1n) is 7.20. The van der Waals surface area contributed by atoms with E-state index in [1.807, 2.05) is 7.05 Å². The van der Waals surface area contributed by atoms with Crippen LogP contribution in [0.3, 0.4) is 0 Å². The van der Waals surface area contributed by atoms with Gasteiger partial charge in [-0.25, -0.2) is 0 Å². The van der Waals surface area contributed by atoms with Crippen LogP contribution >= 0.6 is 11.6 Å². The number of halogens is 1. The normalized spacial score (nSPS) is 19.3. The maximum atomic E-state index is 6.45. The number of hydrogen-bond donors (Lipinski definition) is 1. The molecular weight excluding hydrogens is 256 g/mol. The molecule has 2 rings (SSSR count). The highest BCUT2D eigenvalue weighted by Gasteiger charge is 2.23. The molecule has 1 aliphatic heterocycles. The Bertz CT molecular complexity index is 429. The highest BCUT2D eigenvalue weighted by atomic mass is 35.5. The van der Waals surface area contributed by atoms with Crippen molar-refractivity contribution >= 4 is 17.3 Å². The van der Waals surface area contributed by atoms with Crippen LogP contribution in [0.1, 0.15) is 38.7 Å². The van der Waals surface area contributed by atoms with E-state index in [9.17, 15) is 0 Å². The first-order chi connectivity index (χ1) is 9.02. The fraction of sp³-hybridized carbons (Fsp3) is 0.625. The Balaban J connectivity index is 2.13. The molecular formula is C16H25ClN2. The van der Waals surface area contributed by atoms with Crippen molar-refractivity contribution < 1.29 is 0 Å². The summed E-state index contributed by atoms with van der Waals surface area (Å²) < 4.78 is 0. The van der Waals surface area contributed by atoms with Crippen molar-refractivity contribution in [3.05, 3.63) is 28.8 Å². The van der Waals surface area contributed by atoms with Gasteiger partial charge in [0.1, 0.15) is 0 Å². The minimum absolute atomic E-state index is 0.466. The maximum absolute atomic E-state index is 6.45. The van der Waals surface area contributed by atoms with Gasteiger partial charge >= 0.3 is 0 Å². The largest absolute Gasteiger partial charge is 0.370 e. The third-order valence-corrected chi connectivity index (χ3v) is 4.38. The predicted octanol–water partition coefficient (Wildman–Crippen LogP) is 4.08. The summed E-state index contributed by atoms with van der Waals surface area (Å²) in [7, 11) is 1.96. The zero-order chi connectivity index (χ0) is 13.9. The third-order valence-electron chi connectivity index (χ3n) is 4.07. The molecule has 0 atom stereocenters. The molecule has 0 aliphatic carbocycles. The number of rotatable bonds is 3. The van der Waals surface area contributed by atoms with Crippen molar-refractivity contribution in [2.24, 2.45) is 5.41 Å². The lowest BCUT2D eigenvalue weighted by Gasteiger charge is -2.26. The van der Waals surface area contributed by atoms with Crippen molar-refractivity contribution in [3.63, 3.8) is 0 Å². The van der Waals surface area contributed by atoms with Crippen molar-refractivity contribution in [1.82, 2.24) is 5.32 Å². The standard InChI is InChI=1S/C16H25ClN2/c1-16(2)7-4-9-19(10-8-16)15-6-5-13(12-18-3)11-14(15)17/h5-6,11,18H,4,7-10,12H2,1-3H3. The zero-order valence-electron chi connectivity index (χ0n) is 12.3. The van der Waals surface area contributed by atoms with Gasteiger partial charge in [0, 0.05) is 19.6 Å². The second-order valence-corrected chi connectivity index (χ2v) is 6.73. The molecule has 106 valence electrons. The third kappa shape index (κ3) is 3.87. The molecule has 0 amide bonds. The second kappa shape index (κ2) is 6.15. The number of benzene rings is 1. The van der Waals surface area contributed by atoms with Crippen LogP contribution in [0.15, 0.2) is 18.2 Å². The predicted molar refractivity (Wildman–Crippen MR) is 84.1 cm³/mol. The number of nitrogens with one attached hydrogen (secondary N) is 1. The highest BCUT2D eigenvalue weighted by Crippen LogP contribution is 2.34. The Morgan fingerprint density at radius 3 is 2.74 bits per heavy atom. The van der Waals surface area contributed by atoms with Crippen molar-refractivity contribution in [1.29, 1.82) is 0 Å². The number of nitrogens with zero attached hydrogens (tertiary/aromatic N) is 1. The van der Waals surface area contributed by atoms with Gasteiger partial charge in [0.05, 0.1) is 10.7 Å². The van der Waals surface area contributed by atoms with E-state index in [0.717, 1.165) is 24.7 Å². The van der Waals surface area contributed by atoms with E-state index in [1.54, 1.807) is 0 Å². The smallest absolute Gasteiger partial charge is 0.0642 e. The van der Waals surface area contributed by atoms with Gasteiger partial charge in [-0.05, 0) is 49.4 Å². The van der Waals surface area contributed by atoms with Crippen LogP contribution in [-0.2, 0) is 6.54 Å². The summed E-state index contributed by atoms with van der Waals surface area (Å²) in [5, 5.41) is 4.04. The monoisotopic (exact) mass is 280 g/mol. The Labute approximate surface area is 122 Å². The fourth-order valence-corrected chi connectivity index (χ4v) is 3.11. The molecule has 0 spiro atoms. The van der Waals surface area contributed by atoms with E-state index in [-0.39, 0.29) is 0 Å². The van der Waals surface area contributed by atoms with Crippen LogP contribution in [0, 0.1) is 5.41 Å². The van der Waals surface area contributed by atoms with Crippen LogP contribution in [0.25, 0.3) is 0 Å². The molecule has 0 unspecified atom stereocenters. The summed E-state index contributed by atoms with van der Waals surface area (Å²) in [6.45, 7) is 7.84. The van der Waals surface area contributed by atoms with Crippen LogP contribution in [0.5, 0.6) is 0 Å². The summed E-state index contributed by atoms with van der Waals surface area (Å²) in [4.78, 5) is 2.44. The van der Waals surface area contributed by atoms with E-state index >= 15 is 0 Å². The Kier molecular flexibility index (Phi) is 4.75. The van der Waals surface area contributed by atoms with Gasteiger partial charge in [0.15, 0.2) is 0 Å². The molecule has 1 fully saturated rings. The van der Waals surface area contributed by atoms with Crippen LogP contribution in [-0.4, -0.2) is 20.1 Å². The van der Waals surface area contributed by atoms with E-state index in [4.69, 9.17) is 11.6 Å². The average molecular weight is 281 g/mol. The number of hydrogen-bond acceptors (Lipinski definition) is 2. The molecule has 1 saturated heterocycles. The maximum Gasteiger partial charge on any atom is 0.0642 e. The van der Waals surface area contributed by atoms with Gasteiger partial charge in [-0.2, -0.15) is 0 Å². The SMILES string of the molecule is CNCc1ccc(N2CCCC(C)(C)CC2)c(Cl)c1. The van der Waals surface area contributed by atoms with Gasteiger partial charge in [-0.3, -0.25) is 0 Å². The molecule has 2 nitrogen and oxygen atoms in total. The van der Waals surface area contributed by atoms with E-state index in [2.05, 4.69) is 42.3 Å². The molecule has 19 heavy (non-hydrogen) atoms. The molecule has 1 aromatic carbocycles. The van der Waals surface area contributed by atoms with Gasteiger partial charge in [0.25, 0.3) is 0 Å². The van der Waals surface area contributed by atoms with E-state index < -0.39 is 0 Å². The molecule has 0 aromatic heterocycles. The molecule has 0 radical (unpaired) electrons. The molecule has 1 aromatic rings. The summed E-state index contributed by atoms with van der Waals surface area (Å²) in [6, 6.07) is 6.44. The van der Waals surface area contributed by atoms with Gasteiger partial charge < -0.3 is 10.2 Å². The first-order valence-corrected chi connectivity index (χ1v) is 7.58. The fourth-order valence-electron chi connectivity index (χ4n) is 2.78. The minimum atomic E-state index is 0.466. The summed E-state index contributed by atoms with van der Waals surface area (Å²) in [5.74, 6) is 0. The molecule has 1 heterocycles. The summed E-state index contributed by atoms with van der Waals surface area (Å²) in [6.07, 6.45) is 3.79. The van der Waals surface area contributed by atoms with Gasteiger partial charge in [-0.15, -0.1) is 0 Å². The zero-order valence-corrected chi connectivity index (χ0v) is 13.1. The lowest BCUT2D eigenvalue weighted by atomic mass is 9.85. The molecule has 3 heteroatoms. The summed E-state index contributed by atoms with van der Waals surface area (Å²) in [5.41, 5.74) is 2.90. The van der Waals surface area contributed by atoms with Crippen LogP contribution in [0.2, 0.25) is 5.02 Å². The minimum Gasteiger partial charge on any atom is -0.370 e. The van der Waals surface area contributed by atoms with Crippen molar-refractivity contribution in [3.8, 4) is 0 Å². The Morgan fingerprint density at radius 2 is 2.05 bits per heavy atom. The number of anilines is 1. The quantitative estimate of drug-likeness (QED) is 0.898. The summed E-state index contributed by atoms with van der Waals surface area (Å²) >= 11 is 6.45. The highest BCUT2D eigenvalue weighted by molar-refractivity contribution is 6.33. The topological polar surface area (TPSA) is 15.3 Å². The van der Waals surface area contributed by atoms with Crippen LogP contribution < -0.4 is 10.2 Å². The van der Waals surface area contributed by atoms with E-state index in [1.165, 1.54) is 30.5 Å². The van der Waals surface area contributed by atoms with Gasteiger partial charge in [-0.1, -0.05) is 31.5 Å². The second-order valence-electron chi connectivity index (χ2n) is 6.32. The Morgan fingerprint density at radius 1 is 1.26 bits per heavy atom.